The highest BCUT2D eigenvalue weighted by Crippen LogP contribution is 2.44. The highest BCUT2D eigenvalue weighted by molar-refractivity contribution is 7.91. The number of aromatic hydroxyl groups is 1. The molecule has 1 saturated carbocycles. The molecule has 4 aromatic rings. The fourth-order valence-electron chi connectivity index (χ4n) is 3.87. The summed E-state index contributed by atoms with van der Waals surface area (Å²) in [7, 11) is 0. The zero-order chi connectivity index (χ0) is 25.4. The lowest BCUT2D eigenvalue weighted by Gasteiger charge is -2.16. The molecule has 0 bridgehead atoms. The van der Waals surface area contributed by atoms with Crippen molar-refractivity contribution in [3.05, 3.63) is 46.8 Å². The minimum atomic E-state index is -1.13. The van der Waals surface area contributed by atoms with Crippen molar-refractivity contribution in [3.8, 4) is 17.3 Å². The number of hydrogen-bond donors (Lipinski definition) is 2. The molecule has 0 spiro atoms. The normalized spacial score (nSPS) is 14.4. The summed E-state index contributed by atoms with van der Waals surface area (Å²) in [6.45, 7) is 5.73. The second-order valence-corrected chi connectivity index (χ2v) is 10.4. The highest BCUT2D eigenvalue weighted by Gasteiger charge is 2.31. The molecule has 4 aromatic heterocycles. The van der Waals surface area contributed by atoms with Crippen LogP contribution in [0.4, 0.5) is 5.82 Å². The van der Waals surface area contributed by atoms with Gasteiger partial charge in [0.25, 0.3) is 5.56 Å². The predicted octanol–water partition coefficient (Wildman–Crippen LogP) is 2.34. The monoisotopic (exact) mass is 507 g/mol. The van der Waals surface area contributed by atoms with Gasteiger partial charge < -0.3 is 15.0 Å². The van der Waals surface area contributed by atoms with Gasteiger partial charge in [-0.15, -0.1) is 0 Å². The van der Waals surface area contributed by atoms with Gasteiger partial charge in [0.2, 0.25) is 5.88 Å². The lowest BCUT2D eigenvalue weighted by Crippen LogP contribution is -2.28. The number of hydrogen-bond acceptors (Lipinski definition) is 11. The van der Waals surface area contributed by atoms with E-state index in [1.54, 1.807) is 0 Å². The van der Waals surface area contributed by atoms with Crippen molar-refractivity contribution in [1.82, 2.24) is 39.5 Å². The van der Waals surface area contributed by atoms with E-state index in [4.69, 9.17) is 0 Å². The smallest absolute Gasteiger partial charge is 0.295 e. The van der Waals surface area contributed by atoms with Crippen LogP contribution in [0.5, 0.6) is 5.88 Å². The molecule has 36 heavy (non-hydrogen) atoms. The standard InChI is InChI=1S/C23H25N9O3S/c1-4-36(35)14-7-24-16(25-8-14)10-27-20-23(34)32(12(2)3)21-15(30-20)9-26-19(31-21)17-18(13-5-6-13)28-11-29-22(17)33/h7-9,11-13H,4-6,10H2,1-3H3,(H,27,30)(H,28,29,33). The van der Waals surface area contributed by atoms with E-state index in [2.05, 4.69) is 40.2 Å². The minimum Gasteiger partial charge on any atom is -0.611 e. The van der Waals surface area contributed by atoms with Crippen LogP contribution in [-0.2, 0) is 17.7 Å². The molecule has 0 amide bonds. The van der Waals surface area contributed by atoms with Crippen molar-refractivity contribution in [1.29, 1.82) is 0 Å². The van der Waals surface area contributed by atoms with Gasteiger partial charge in [0.15, 0.2) is 22.2 Å². The Hall–Kier alpha value is -3.71. The van der Waals surface area contributed by atoms with Gasteiger partial charge in [0.05, 0.1) is 30.8 Å². The Morgan fingerprint density at radius 2 is 1.89 bits per heavy atom. The molecular weight excluding hydrogens is 482 g/mol. The van der Waals surface area contributed by atoms with Crippen LogP contribution in [-0.4, -0.2) is 54.9 Å². The summed E-state index contributed by atoms with van der Waals surface area (Å²) in [5.41, 5.74) is 1.49. The summed E-state index contributed by atoms with van der Waals surface area (Å²) in [4.78, 5) is 44.1. The van der Waals surface area contributed by atoms with Crippen molar-refractivity contribution in [2.45, 2.75) is 57.0 Å². The zero-order valence-corrected chi connectivity index (χ0v) is 20.9. The molecule has 5 rings (SSSR count). The molecule has 186 valence electrons. The quantitative estimate of drug-likeness (QED) is 0.336. The van der Waals surface area contributed by atoms with Crippen LogP contribution in [0.25, 0.3) is 22.6 Å². The molecule has 1 aliphatic carbocycles. The van der Waals surface area contributed by atoms with E-state index in [9.17, 15) is 14.5 Å². The van der Waals surface area contributed by atoms with Gasteiger partial charge in [-0.25, -0.2) is 34.9 Å². The van der Waals surface area contributed by atoms with E-state index in [1.807, 2.05) is 20.8 Å². The van der Waals surface area contributed by atoms with Crippen LogP contribution in [0, 0.1) is 0 Å². The third-order valence-electron chi connectivity index (χ3n) is 5.81. The molecule has 1 fully saturated rings. The molecule has 12 nitrogen and oxygen atoms in total. The number of fused-ring (bicyclic) bond motifs is 1. The molecule has 13 heteroatoms. The van der Waals surface area contributed by atoms with Gasteiger partial charge in [-0.1, -0.05) is 0 Å². The van der Waals surface area contributed by atoms with E-state index >= 15 is 0 Å². The minimum absolute atomic E-state index is 0.113. The van der Waals surface area contributed by atoms with Crippen LogP contribution in [0.3, 0.4) is 0 Å². The summed E-state index contributed by atoms with van der Waals surface area (Å²) in [5.74, 6) is 1.33. The highest BCUT2D eigenvalue weighted by atomic mass is 32.2. The third-order valence-corrected chi connectivity index (χ3v) is 7.07. The summed E-state index contributed by atoms with van der Waals surface area (Å²) in [6, 6.07) is -0.227. The molecule has 0 radical (unpaired) electrons. The first-order valence-corrected chi connectivity index (χ1v) is 13.0. The van der Waals surface area contributed by atoms with Gasteiger partial charge in [-0.3, -0.25) is 9.36 Å². The first kappa shape index (κ1) is 24.0. The Labute approximate surface area is 209 Å². The SMILES string of the molecule is CC[S+]([O-])c1cnc(CNc2nc3cnc(-c4c(O)ncnc4C4CC4)nc3n(C(C)C)c2=O)nc1. The van der Waals surface area contributed by atoms with E-state index in [0.29, 0.717) is 38.9 Å². The summed E-state index contributed by atoms with van der Waals surface area (Å²) in [5, 5.41) is 13.5. The molecule has 0 aromatic carbocycles. The number of anilines is 1. The van der Waals surface area contributed by atoms with Crippen LogP contribution >= 0.6 is 0 Å². The largest absolute Gasteiger partial charge is 0.611 e. The second-order valence-electron chi connectivity index (χ2n) is 8.69. The first-order chi connectivity index (χ1) is 17.4. The van der Waals surface area contributed by atoms with Crippen molar-refractivity contribution in [2.24, 2.45) is 0 Å². The predicted molar refractivity (Wildman–Crippen MR) is 133 cm³/mol. The maximum atomic E-state index is 13.4. The van der Waals surface area contributed by atoms with E-state index in [0.717, 1.165) is 12.8 Å². The number of nitrogens with one attached hydrogen (secondary N) is 1. The van der Waals surface area contributed by atoms with E-state index < -0.39 is 11.2 Å². The molecule has 4 heterocycles. The number of nitrogens with zero attached hydrogens (tertiary/aromatic N) is 8. The third kappa shape index (κ3) is 4.58. The molecular formula is C23H25N9O3S. The molecule has 1 unspecified atom stereocenters. The Morgan fingerprint density at radius 1 is 1.14 bits per heavy atom. The number of rotatable bonds is 8. The number of aromatic nitrogens is 8. The fraction of sp³-hybridized carbons (Fsp3) is 0.391. The van der Waals surface area contributed by atoms with Crippen molar-refractivity contribution < 1.29 is 9.66 Å². The topological polar surface area (TPSA) is 168 Å². The van der Waals surface area contributed by atoms with Crippen molar-refractivity contribution >= 4 is 28.2 Å². The summed E-state index contributed by atoms with van der Waals surface area (Å²) in [6.07, 6.45) is 7.86. The zero-order valence-electron chi connectivity index (χ0n) is 20.0. The maximum absolute atomic E-state index is 13.4. The van der Waals surface area contributed by atoms with Crippen molar-refractivity contribution in [2.75, 3.05) is 11.1 Å². The average molecular weight is 508 g/mol. The Bertz CT molecular complexity index is 1470. The van der Waals surface area contributed by atoms with Crippen LogP contribution < -0.4 is 10.9 Å². The fourth-order valence-corrected chi connectivity index (χ4v) is 4.54. The lowest BCUT2D eigenvalue weighted by atomic mass is 10.1. The van der Waals surface area contributed by atoms with E-state index in [1.165, 1.54) is 29.5 Å². The van der Waals surface area contributed by atoms with Gasteiger partial charge in [-0.05, 0) is 44.8 Å². The summed E-state index contributed by atoms with van der Waals surface area (Å²) >= 11 is -1.13. The van der Waals surface area contributed by atoms with Crippen molar-refractivity contribution in [3.63, 3.8) is 0 Å². The average Bonchev–Trinajstić information content (AvgIpc) is 3.72. The molecule has 0 saturated heterocycles. The molecule has 1 aliphatic rings. The first-order valence-electron chi connectivity index (χ1n) is 11.6. The van der Waals surface area contributed by atoms with Crippen LogP contribution in [0.15, 0.2) is 34.6 Å². The molecule has 0 aliphatic heterocycles. The van der Waals surface area contributed by atoms with Gasteiger partial charge in [0, 0.05) is 12.0 Å². The molecule has 2 N–H and O–H groups in total. The van der Waals surface area contributed by atoms with Crippen LogP contribution in [0.1, 0.15) is 57.1 Å². The van der Waals surface area contributed by atoms with Gasteiger partial charge in [0.1, 0.15) is 29.0 Å². The van der Waals surface area contributed by atoms with Gasteiger partial charge >= 0.3 is 0 Å². The second kappa shape index (κ2) is 9.74. The van der Waals surface area contributed by atoms with Gasteiger partial charge in [-0.2, -0.15) is 0 Å². The van der Waals surface area contributed by atoms with Crippen LogP contribution in [0.2, 0.25) is 0 Å². The Kier molecular flexibility index (Phi) is 6.49. The Morgan fingerprint density at radius 3 is 2.56 bits per heavy atom. The Balaban J connectivity index is 1.51. The molecule has 1 atom stereocenters. The summed E-state index contributed by atoms with van der Waals surface area (Å²) < 4.78 is 13.4. The van der Waals surface area contributed by atoms with E-state index in [-0.39, 0.29) is 41.6 Å². The lowest BCUT2D eigenvalue weighted by molar-refractivity contribution is 0.452. The maximum Gasteiger partial charge on any atom is 0.295 e.